The van der Waals surface area contributed by atoms with Crippen molar-refractivity contribution in [1.29, 1.82) is 0 Å². The zero-order valence-electron chi connectivity index (χ0n) is 13.2. The lowest BCUT2D eigenvalue weighted by Gasteiger charge is -2.15. The SMILES string of the molecule is CC(C)c1cn(COCC[Si](C)(C)C)c2ncncc12. The molecule has 0 aliphatic heterocycles. The van der Waals surface area contributed by atoms with Gasteiger partial charge in [-0.25, -0.2) is 9.97 Å². The summed E-state index contributed by atoms with van der Waals surface area (Å²) in [6.07, 6.45) is 5.65. The Labute approximate surface area is 122 Å². The zero-order chi connectivity index (χ0) is 14.8. The van der Waals surface area contributed by atoms with Crippen molar-refractivity contribution in [3.63, 3.8) is 0 Å². The van der Waals surface area contributed by atoms with Gasteiger partial charge >= 0.3 is 0 Å². The maximum absolute atomic E-state index is 5.83. The number of aromatic nitrogens is 3. The summed E-state index contributed by atoms with van der Waals surface area (Å²) in [5.74, 6) is 0.465. The highest BCUT2D eigenvalue weighted by molar-refractivity contribution is 6.76. The summed E-state index contributed by atoms with van der Waals surface area (Å²) in [5.41, 5.74) is 2.26. The lowest BCUT2D eigenvalue weighted by molar-refractivity contribution is 0.0898. The van der Waals surface area contributed by atoms with Gasteiger partial charge in [0.1, 0.15) is 18.7 Å². The van der Waals surface area contributed by atoms with Gasteiger partial charge in [-0.05, 0) is 17.5 Å². The molecule has 2 aromatic rings. The third-order valence-corrected chi connectivity index (χ3v) is 5.12. The Morgan fingerprint density at radius 2 is 2.05 bits per heavy atom. The summed E-state index contributed by atoms with van der Waals surface area (Å²) in [6, 6.07) is 1.19. The first-order valence-corrected chi connectivity index (χ1v) is 11.0. The van der Waals surface area contributed by atoms with Gasteiger partial charge in [0.2, 0.25) is 0 Å². The van der Waals surface area contributed by atoms with Gasteiger partial charge in [0.05, 0.1) is 0 Å². The Morgan fingerprint density at radius 1 is 1.30 bits per heavy atom. The Bertz CT molecular complexity index is 572. The maximum Gasteiger partial charge on any atom is 0.145 e. The van der Waals surface area contributed by atoms with Crippen LogP contribution in [0.25, 0.3) is 11.0 Å². The predicted molar refractivity (Wildman–Crippen MR) is 85.7 cm³/mol. The van der Waals surface area contributed by atoms with E-state index in [0.29, 0.717) is 12.6 Å². The Morgan fingerprint density at radius 3 is 2.70 bits per heavy atom. The second-order valence-corrected chi connectivity index (χ2v) is 12.4. The Hall–Kier alpha value is -1.20. The molecular weight excluding hydrogens is 266 g/mol. The molecule has 0 atom stereocenters. The zero-order valence-corrected chi connectivity index (χ0v) is 14.2. The van der Waals surface area contributed by atoms with E-state index in [9.17, 15) is 0 Å². The molecule has 0 aliphatic rings. The molecule has 0 fully saturated rings. The minimum Gasteiger partial charge on any atom is -0.361 e. The lowest BCUT2D eigenvalue weighted by Crippen LogP contribution is -2.22. The van der Waals surface area contributed by atoms with Gasteiger partial charge in [-0.3, -0.25) is 0 Å². The molecule has 0 saturated heterocycles. The first-order valence-electron chi connectivity index (χ1n) is 7.25. The summed E-state index contributed by atoms with van der Waals surface area (Å²) in [6.45, 7) is 12.9. The maximum atomic E-state index is 5.83. The van der Waals surface area contributed by atoms with Crippen LogP contribution in [0.4, 0.5) is 0 Å². The number of hydrogen-bond donors (Lipinski definition) is 0. The van der Waals surface area contributed by atoms with Crippen molar-refractivity contribution in [2.75, 3.05) is 6.61 Å². The number of ether oxygens (including phenoxy) is 1. The van der Waals surface area contributed by atoms with Crippen molar-refractivity contribution < 1.29 is 4.74 Å². The summed E-state index contributed by atoms with van der Waals surface area (Å²) >= 11 is 0. The molecule has 2 rings (SSSR count). The van der Waals surface area contributed by atoms with Crippen molar-refractivity contribution in [2.24, 2.45) is 0 Å². The van der Waals surface area contributed by atoms with E-state index in [4.69, 9.17) is 4.74 Å². The molecule has 0 amide bonds. The molecule has 0 aliphatic carbocycles. The molecule has 0 saturated carbocycles. The monoisotopic (exact) mass is 291 g/mol. The molecule has 0 aromatic carbocycles. The molecular formula is C15H25N3OSi. The van der Waals surface area contributed by atoms with Gasteiger partial charge in [0.25, 0.3) is 0 Å². The summed E-state index contributed by atoms with van der Waals surface area (Å²) < 4.78 is 7.93. The van der Waals surface area contributed by atoms with Crippen molar-refractivity contribution in [3.05, 3.63) is 24.3 Å². The Balaban J connectivity index is 2.10. The lowest BCUT2D eigenvalue weighted by atomic mass is 10.1. The van der Waals surface area contributed by atoms with E-state index in [1.807, 2.05) is 6.20 Å². The molecule has 0 N–H and O–H groups in total. The first kappa shape index (κ1) is 15.2. The van der Waals surface area contributed by atoms with Crippen LogP contribution in [0.3, 0.4) is 0 Å². The molecule has 5 heteroatoms. The standard InChI is InChI=1S/C15H25N3OSi/c1-12(2)14-9-18(11-19-6-7-20(3,4)5)15-13(14)8-16-10-17-15/h8-10,12H,6-7,11H2,1-5H3. The fraction of sp³-hybridized carbons (Fsp3) is 0.600. The van der Waals surface area contributed by atoms with Gasteiger partial charge < -0.3 is 9.30 Å². The molecule has 4 nitrogen and oxygen atoms in total. The van der Waals surface area contributed by atoms with E-state index in [1.165, 1.54) is 11.6 Å². The third-order valence-electron chi connectivity index (χ3n) is 3.42. The van der Waals surface area contributed by atoms with Crippen molar-refractivity contribution in [3.8, 4) is 0 Å². The second-order valence-electron chi connectivity index (χ2n) is 6.82. The van der Waals surface area contributed by atoms with Crippen molar-refractivity contribution in [2.45, 2.75) is 52.2 Å². The van der Waals surface area contributed by atoms with Crippen molar-refractivity contribution >= 4 is 19.1 Å². The molecule has 20 heavy (non-hydrogen) atoms. The fourth-order valence-electron chi connectivity index (χ4n) is 2.15. The normalized spacial score (nSPS) is 12.5. The Kier molecular flexibility index (Phi) is 4.60. The highest BCUT2D eigenvalue weighted by atomic mass is 28.3. The van der Waals surface area contributed by atoms with Crippen LogP contribution >= 0.6 is 0 Å². The van der Waals surface area contributed by atoms with Gasteiger partial charge in [0, 0.05) is 32.5 Å². The van der Waals surface area contributed by atoms with E-state index < -0.39 is 8.07 Å². The summed E-state index contributed by atoms with van der Waals surface area (Å²) in [4.78, 5) is 8.53. The van der Waals surface area contributed by atoms with Gasteiger partial charge in [-0.2, -0.15) is 0 Å². The number of hydrogen-bond acceptors (Lipinski definition) is 3. The fourth-order valence-corrected chi connectivity index (χ4v) is 2.91. The van der Waals surface area contributed by atoms with Crippen LogP contribution in [0.1, 0.15) is 25.3 Å². The minimum atomic E-state index is -1.02. The van der Waals surface area contributed by atoms with Gasteiger partial charge in [-0.15, -0.1) is 0 Å². The highest BCUT2D eigenvalue weighted by Crippen LogP contribution is 2.25. The number of nitrogens with zero attached hydrogens (tertiary/aromatic N) is 3. The van der Waals surface area contributed by atoms with E-state index in [2.05, 4.69) is 54.2 Å². The van der Waals surface area contributed by atoms with Crippen LogP contribution in [-0.4, -0.2) is 29.2 Å². The smallest absolute Gasteiger partial charge is 0.145 e. The molecule has 2 aromatic heterocycles. The van der Waals surface area contributed by atoms with Crippen LogP contribution in [0.5, 0.6) is 0 Å². The van der Waals surface area contributed by atoms with Crippen LogP contribution in [0.2, 0.25) is 25.7 Å². The largest absolute Gasteiger partial charge is 0.361 e. The highest BCUT2D eigenvalue weighted by Gasteiger charge is 2.14. The number of fused-ring (bicyclic) bond motifs is 1. The van der Waals surface area contributed by atoms with Gasteiger partial charge in [0.15, 0.2) is 0 Å². The predicted octanol–water partition coefficient (Wildman–Crippen LogP) is 3.87. The quantitative estimate of drug-likeness (QED) is 0.599. The van der Waals surface area contributed by atoms with E-state index >= 15 is 0 Å². The minimum absolute atomic E-state index is 0.465. The summed E-state index contributed by atoms with van der Waals surface area (Å²) in [5, 5.41) is 1.14. The average molecular weight is 291 g/mol. The third kappa shape index (κ3) is 3.67. The van der Waals surface area contributed by atoms with Crippen LogP contribution in [0.15, 0.2) is 18.7 Å². The van der Waals surface area contributed by atoms with Crippen LogP contribution in [-0.2, 0) is 11.5 Å². The molecule has 0 bridgehead atoms. The van der Waals surface area contributed by atoms with Gasteiger partial charge in [-0.1, -0.05) is 33.5 Å². The second kappa shape index (κ2) is 6.05. The summed E-state index contributed by atoms with van der Waals surface area (Å²) in [7, 11) is -1.02. The topological polar surface area (TPSA) is 39.9 Å². The molecule has 0 spiro atoms. The molecule has 0 radical (unpaired) electrons. The van der Waals surface area contributed by atoms with Crippen molar-refractivity contribution in [1.82, 2.24) is 14.5 Å². The van der Waals surface area contributed by atoms with E-state index in [0.717, 1.165) is 17.6 Å². The average Bonchev–Trinajstić information content (AvgIpc) is 2.73. The van der Waals surface area contributed by atoms with E-state index in [1.54, 1.807) is 6.33 Å². The molecule has 110 valence electrons. The van der Waals surface area contributed by atoms with Crippen LogP contribution < -0.4 is 0 Å². The molecule has 2 heterocycles. The van der Waals surface area contributed by atoms with E-state index in [-0.39, 0.29) is 0 Å². The van der Waals surface area contributed by atoms with Crippen LogP contribution in [0, 0.1) is 0 Å². The first-order chi connectivity index (χ1) is 9.38. The molecule has 0 unspecified atom stereocenters. The number of rotatable bonds is 6.